The number of nitrogen functional groups attached to an aromatic ring is 1. The molecule has 2 aromatic heterocycles. The van der Waals surface area contributed by atoms with Gasteiger partial charge in [-0.25, -0.2) is 8.42 Å². The van der Waals surface area contributed by atoms with Gasteiger partial charge in [-0.1, -0.05) is 31.9 Å². The minimum atomic E-state index is -3.58. The van der Waals surface area contributed by atoms with E-state index in [0.29, 0.717) is 11.4 Å². The average molecular weight is 448 g/mol. The Hall–Kier alpha value is -1.59. The molecule has 2 heterocycles. The van der Waals surface area contributed by atoms with E-state index < -0.39 is 9.84 Å². The fourth-order valence-corrected chi connectivity index (χ4v) is 3.56. The molecule has 2 N–H and O–H groups in total. The van der Waals surface area contributed by atoms with Crippen LogP contribution >= 0.6 is 31.9 Å². The molecule has 0 aliphatic heterocycles. The fourth-order valence-electron chi connectivity index (χ4n) is 1.76. The molecule has 0 saturated heterocycles. The van der Waals surface area contributed by atoms with Crippen molar-refractivity contribution in [1.29, 1.82) is 0 Å². The first-order valence-corrected chi connectivity index (χ1v) is 9.28. The van der Waals surface area contributed by atoms with E-state index in [-0.39, 0.29) is 16.9 Å². The number of nitrogens with zero attached hydrogens (tertiary/aromatic N) is 5. The average Bonchev–Trinajstić information content (AvgIpc) is 2.81. The van der Waals surface area contributed by atoms with E-state index in [2.05, 4.69) is 51.9 Å². The maximum atomic E-state index is 11.5. The van der Waals surface area contributed by atoms with Crippen LogP contribution in [0.4, 0.5) is 5.95 Å². The molecule has 0 spiro atoms. The lowest BCUT2D eigenvalue weighted by atomic mass is 10.2. The standard InChI is InChI=1S/C11H8Br2N6O2S/c1-22(20,21)11-16-9(14)19-10(17-11)15-8(18-19)5-2-6(12)4-7(13)3-5/h2-4H,1H3,(H2,14,15,16,17,18). The first-order chi connectivity index (χ1) is 10.2. The van der Waals surface area contributed by atoms with E-state index in [1.165, 1.54) is 4.52 Å². The van der Waals surface area contributed by atoms with Crippen molar-refractivity contribution in [3.63, 3.8) is 0 Å². The Balaban J connectivity index is 2.24. The molecular weight excluding hydrogens is 440 g/mol. The number of benzene rings is 1. The Kier molecular flexibility index (Phi) is 3.65. The number of anilines is 1. The number of halogens is 2. The Morgan fingerprint density at radius 2 is 1.73 bits per heavy atom. The molecule has 0 amide bonds. The Morgan fingerprint density at radius 3 is 2.32 bits per heavy atom. The van der Waals surface area contributed by atoms with E-state index in [4.69, 9.17) is 5.73 Å². The van der Waals surface area contributed by atoms with Crippen molar-refractivity contribution < 1.29 is 8.42 Å². The van der Waals surface area contributed by atoms with Crippen LogP contribution in [-0.4, -0.2) is 39.2 Å². The van der Waals surface area contributed by atoms with Gasteiger partial charge in [0.1, 0.15) is 0 Å². The van der Waals surface area contributed by atoms with Gasteiger partial charge < -0.3 is 5.73 Å². The maximum absolute atomic E-state index is 11.5. The number of hydrogen-bond acceptors (Lipinski definition) is 7. The monoisotopic (exact) mass is 446 g/mol. The lowest BCUT2D eigenvalue weighted by Crippen LogP contribution is -2.11. The van der Waals surface area contributed by atoms with E-state index in [1.54, 1.807) is 0 Å². The molecule has 11 heteroatoms. The molecule has 3 rings (SSSR count). The SMILES string of the molecule is CS(=O)(=O)c1nc(N)n2nc(-c3cc(Br)cc(Br)c3)nc2n1. The van der Waals surface area contributed by atoms with Crippen molar-refractivity contribution in [3.8, 4) is 11.4 Å². The highest BCUT2D eigenvalue weighted by atomic mass is 79.9. The summed E-state index contributed by atoms with van der Waals surface area (Å²) < 4.78 is 26.0. The highest BCUT2D eigenvalue weighted by Crippen LogP contribution is 2.26. The van der Waals surface area contributed by atoms with Crippen LogP contribution in [0, 0.1) is 0 Å². The minimum Gasteiger partial charge on any atom is -0.368 e. The summed E-state index contributed by atoms with van der Waals surface area (Å²) in [5, 5.41) is 3.82. The van der Waals surface area contributed by atoms with Crippen LogP contribution in [0.3, 0.4) is 0 Å². The van der Waals surface area contributed by atoms with Gasteiger partial charge in [0.2, 0.25) is 15.8 Å². The second-order valence-corrected chi connectivity index (χ2v) is 8.18. The number of fused-ring (bicyclic) bond motifs is 1. The Morgan fingerprint density at radius 1 is 1.09 bits per heavy atom. The molecule has 0 fully saturated rings. The molecule has 0 aliphatic rings. The third kappa shape index (κ3) is 2.83. The third-order valence-corrected chi connectivity index (χ3v) is 4.43. The maximum Gasteiger partial charge on any atom is 0.258 e. The molecule has 0 radical (unpaired) electrons. The van der Waals surface area contributed by atoms with Gasteiger partial charge in [-0.05, 0) is 18.2 Å². The predicted octanol–water partition coefficient (Wildman–Crippen LogP) is 1.70. The van der Waals surface area contributed by atoms with Crippen LogP contribution in [0.2, 0.25) is 0 Å². The zero-order valence-electron chi connectivity index (χ0n) is 11.0. The summed E-state index contributed by atoms with van der Waals surface area (Å²) in [5.74, 6) is 0.325. The number of nitrogens with two attached hydrogens (primary N) is 1. The van der Waals surface area contributed by atoms with Gasteiger partial charge >= 0.3 is 0 Å². The number of sulfone groups is 1. The summed E-state index contributed by atoms with van der Waals surface area (Å²) in [4.78, 5) is 11.8. The van der Waals surface area contributed by atoms with Crippen molar-refractivity contribution in [2.75, 3.05) is 12.0 Å². The molecule has 3 aromatic rings. The largest absolute Gasteiger partial charge is 0.368 e. The summed E-state index contributed by atoms with van der Waals surface area (Å²) in [5.41, 5.74) is 6.45. The van der Waals surface area contributed by atoms with Gasteiger partial charge in [0.05, 0.1) is 0 Å². The molecule has 114 valence electrons. The topological polar surface area (TPSA) is 116 Å². The zero-order valence-corrected chi connectivity index (χ0v) is 15.0. The van der Waals surface area contributed by atoms with E-state index in [1.807, 2.05) is 18.2 Å². The van der Waals surface area contributed by atoms with E-state index in [0.717, 1.165) is 15.2 Å². The molecule has 0 unspecified atom stereocenters. The van der Waals surface area contributed by atoms with Crippen LogP contribution in [0.5, 0.6) is 0 Å². The first kappa shape index (κ1) is 15.3. The summed E-state index contributed by atoms with van der Waals surface area (Å²) in [6.07, 6.45) is 1.00. The second kappa shape index (κ2) is 5.25. The molecule has 22 heavy (non-hydrogen) atoms. The van der Waals surface area contributed by atoms with Crippen LogP contribution in [0.25, 0.3) is 17.2 Å². The number of aromatic nitrogens is 5. The highest BCUT2D eigenvalue weighted by Gasteiger charge is 2.17. The lowest BCUT2D eigenvalue weighted by Gasteiger charge is -1.99. The van der Waals surface area contributed by atoms with Crippen LogP contribution in [-0.2, 0) is 9.84 Å². The molecular formula is C11H8Br2N6O2S. The first-order valence-electron chi connectivity index (χ1n) is 5.81. The zero-order chi connectivity index (χ0) is 16.1. The minimum absolute atomic E-state index is 0.0685. The Bertz CT molecular complexity index is 981. The lowest BCUT2D eigenvalue weighted by molar-refractivity contribution is 0.592. The summed E-state index contributed by atoms with van der Waals surface area (Å²) in [6, 6.07) is 5.51. The molecule has 8 nitrogen and oxygen atoms in total. The highest BCUT2D eigenvalue weighted by molar-refractivity contribution is 9.11. The molecule has 0 bridgehead atoms. The van der Waals surface area contributed by atoms with Crippen LogP contribution < -0.4 is 5.73 Å². The van der Waals surface area contributed by atoms with Gasteiger partial charge in [0.25, 0.3) is 10.9 Å². The van der Waals surface area contributed by atoms with Crippen LogP contribution in [0.15, 0.2) is 32.3 Å². The van der Waals surface area contributed by atoms with Gasteiger partial charge in [0, 0.05) is 20.8 Å². The molecule has 1 aromatic carbocycles. The van der Waals surface area contributed by atoms with Crippen LogP contribution in [0.1, 0.15) is 0 Å². The van der Waals surface area contributed by atoms with Gasteiger partial charge in [-0.2, -0.15) is 19.5 Å². The van der Waals surface area contributed by atoms with Crippen molar-refractivity contribution in [2.45, 2.75) is 5.16 Å². The smallest absolute Gasteiger partial charge is 0.258 e. The summed E-state index contributed by atoms with van der Waals surface area (Å²) >= 11 is 6.76. The fraction of sp³-hybridized carbons (Fsp3) is 0.0909. The van der Waals surface area contributed by atoms with Gasteiger partial charge in [0.15, 0.2) is 5.82 Å². The quantitative estimate of drug-likeness (QED) is 0.635. The van der Waals surface area contributed by atoms with Crippen molar-refractivity contribution in [3.05, 3.63) is 27.1 Å². The van der Waals surface area contributed by atoms with E-state index >= 15 is 0 Å². The number of rotatable bonds is 2. The number of hydrogen-bond donors (Lipinski definition) is 1. The van der Waals surface area contributed by atoms with Crippen molar-refractivity contribution in [2.24, 2.45) is 0 Å². The predicted molar refractivity (Wildman–Crippen MR) is 86.9 cm³/mol. The summed E-state index contributed by atoms with van der Waals surface area (Å²) in [7, 11) is -3.58. The van der Waals surface area contributed by atoms with Crippen molar-refractivity contribution in [1.82, 2.24) is 24.6 Å². The molecule has 0 saturated carbocycles. The third-order valence-electron chi connectivity index (χ3n) is 2.67. The molecule has 0 atom stereocenters. The van der Waals surface area contributed by atoms with E-state index in [9.17, 15) is 8.42 Å². The Labute approximate surface area is 142 Å². The molecule has 0 aliphatic carbocycles. The second-order valence-electron chi connectivity index (χ2n) is 4.44. The summed E-state index contributed by atoms with van der Waals surface area (Å²) in [6.45, 7) is 0. The van der Waals surface area contributed by atoms with Gasteiger partial charge in [-0.3, -0.25) is 0 Å². The van der Waals surface area contributed by atoms with Gasteiger partial charge in [-0.15, -0.1) is 5.10 Å². The normalized spacial score (nSPS) is 12.0. The van der Waals surface area contributed by atoms with Crippen molar-refractivity contribution >= 4 is 53.4 Å².